The van der Waals surface area contributed by atoms with Crippen molar-refractivity contribution in [3.8, 4) is 0 Å². The SMILES string of the molecule is Cc1ccc(S(=O)(=O)N2CCN(C(=O)COC(=O)c3ncc(Cl)c(Cl)c3Cl)CC2)c(C)c1. The van der Waals surface area contributed by atoms with Gasteiger partial charge >= 0.3 is 5.97 Å². The first-order chi connectivity index (χ1) is 15.0. The van der Waals surface area contributed by atoms with Gasteiger partial charge in [0.15, 0.2) is 12.3 Å². The van der Waals surface area contributed by atoms with Gasteiger partial charge in [-0.2, -0.15) is 4.31 Å². The lowest BCUT2D eigenvalue weighted by atomic mass is 10.2. The summed E-state index contributed by atoms with van der Waals surface area (Å²) < 4.78 is 32.3. The monoisotopic (exact) mass is 519 g/mol. The van der Waals surface area contributed by atoms with Crippen LogP contribution in [0.2, 0.25) is 15.1 Å². The van der Waals surface area contributed by atoms with Gasteiger partial charge in [0.05, 0.1) is 20.0 Å². The number of pyridine rings is 1. The lowest BCUT2D eigenvalue weighted by Gasteiger charge is -2.34. The van der Waals surface area contributed by atoms with Crippen LogP contribution < -0.4 is 0 Å². The van der Waals surface area contributed by atoms with Crippen LogP contribution in [0.15, 0.2) is 29.3 Å². The van der Waals surface area contributed by atoms with E-state index in [-0.39, 0.29) is 51.8 Å². The summed E-state index contributed by atoms with van der Waals surface area (Å²) in [5.74, 6) is -1.38. The van der Waals surface area contributed by atoms with E-state index in [0.717, 1.165) is 11.8 Å². The lowest BCUT2D eigenvalue weighted by molar-refractivity contribution is -0.135. The number of aromatic nitrogens is 1. The van der Waals surface area contributed by atoms with Crippen molar-refractivity contribution in [2.75, 3.05) is 32.8 Å². The van der Waals surface area contributed by atoms with E-state index >= 15 is 0 Å². The predicted octanol–water partition coefficient (Wildman–Crippen LogP) is 3.35. The Morgan fingerprint density at radius 2 is 1.72 bits per heavy atom. The average molecular weight is 521 g/mol. The molecule has 0 aliphatic carbocycles. The summed E-state index contributed by atoms with van der Waals surface area (Å²) in [7, 11) is -3.67. The van der Waals surface area contributed by atoms with Gasteiger partial charge in [0.25, 0.3) is 5.91 Å². The number of rotatable bonds is 5. The zero-order valence-electron chi connectivity index (χ0n) is 17.3. The maximum absolute atomic E-state index is 13.0. The van der Waals surface area contributed by atoms with E-state index in [1.165, 1.54) is 9.21 Å². The summed E-state index contributed by atoms with van der Waals surface area (Å²) in [5.41, 5.74) is 1.40. The van der Waals surface area contributed by atoms with Crippen LogP contribution in [0.25, 0.3) is 0 Å². The normalized spacial score (nSPS) is 15.0. The summed E-state index contributed by atoms with van der Waals surface area (Å²) in [4.78, 5) is 30.1. The number of carbonyl (C=O) groups excluding carboxylic acids is 2. The highest BCUT2D eigenvalue weighted by atomic mass is 35.5. The van der Waals surface area contributed by atoms with Gasteiger partial charge in [-0.1, -0.05) is 52.5 Å². The van der Waals surface area contributed by atoms with Gasteiger partial charge in [0.2, 0.25) is 10.0 Å². The summed E-state index contributed by atoms with van der Waals surface area (Å²) in [6.07, 6.45) is 1.16. The highest BCUT2D eigenvalue weighted by Gasteiger charge is 2.31. The molecule has 1 aliphatic rings. The minimum Gasteiger partial charge on any atom is -0.451 e. The number of halogens is 3. The molecule has 2 aromatic rings. The van der Waals surface area contributed by atoms with E-state index in [4.69, 9.17) is 39.5 Å². The van der Waals surface area contributed by atoms with E-state index in [9.17, 15) is 18.0 Å². The van der Waals surface area contributed by atoms with Crippen molar-refractivity contribution in [2.45, 2.75) is 18.7 Å². The number of nitrogens with zero attached hydrogens (tertiary/aromatic N) is 3. The number of amides is 1. The van der Waals surface area contributed by atoms with Crippen LogP contribution in [0.4, 0.5) is 0 Å². The van der Waals surface area contributed by atoms with Crippen molar-refractivity contribution in [3.05, 3.63) is 56.3 Å². The topological polar surface area (TPSA) is 96.9 Å². The molecular formula is C20H20Cl3N3O5S. The molecule has 0 bridgehead atoms. The Bertz CT molecular complexity index is 1170. The molecule has 1 amide bonds. The molecule has 32 heavy (non-hydrogen) atoms. The molecule has 172 valence electrons. The third-order valence-corrected chi connectivity index (χ3v) is 8.28. The molecule has 1 aromatic carbocycles. The van der Waals surface area contributed by atoms with E-state index in [1.807, 2.05) is 13.0 Å². The number of hydrogen-bond acceptors (Lipinski definition) is 6. The summed E-state index contributed by atoms with van der Waals surface area (Å²) >= 11 is 17.6. The molecule has 0 unspecified atom stereocenters. The van der Waals surface area contributed by atoms with Crippen LogP contribution in [0.1, 0.15) is 21.6 Å². The van der Waals surface area contributed by atoms with Crippen LogP contribution in [0.5, 0.6) is 0 Å². The van der Waals surface area contributed by atoms with Crippen molar-refractivity contribution >= 4 is 56.7 Å². The van der Waals surface area contributed by atoms with Gasteiger partial charge in [-0.25, -0.2) is 18.2 Å². The Morgan fingerprint density at radius 3 is 2.34 bits per heavy atom. The van der Waals surface area contributed by atoms with Crippen LogP contribution in [0.3, 0.4) is 0 Å². The van der Waals surface area contributed by atoms with Crippen LogP contribution in [-0.2, 0) is 19.6 Å². The number of benzene rings is 1. The minimum atomic E-state index is -3.67. The third kappa shape index (κ3) is 5.18. The highest BCUT2D eigenvalue weighted by molar-refractivity contribution is 7.89. The fourth-order valence-electron chi connectivity index (χ4n) is 3.28. The molecule has 2 heterocycles. The van der Waals surface area contributed by atoms with E-state index < -0.39 is 28.5 Å². The molecule has 1 aliphatic heterocycles. The predicted molar refractivity (Wildman–Crippen MR) is 121 cm³/mol. The first kappa shape index (κ1) is 24.7. The van der Waals surface area contributed by atoms with Crippen molar-refractivity contribution in [1.29, 1.82) is 0 Å². The van der Waals surface area contributed by atoms with Crippen LogP contribution in [0, 0.1) is 13.8 Å². The Morgan fingerprint density at radius 1 is 1.06 bits per heavy atom. The van der Waals surface area contributed by atoms with Crippen LogP contribution >= 0.6 is 34.8 Å². The van der Waals surface area contributed by atoms with Gasteiger partial charge in [-0.05, 0) is 25.5 Å². The second-order valence-electron chi connectivity index (χ2n) is 7.21. The number of sulfonamides is 1. The zero-order chi connectivity index (χ0) is 23.6. The fraction of sp³-hybridized carbons (Fsp3) is 0.350. The minimum absolute atomic E-state index is 0.0391. The van der Waals surface area contributed by atoms with Gasteiger partial charge in [0.1, 0.15) is 0 Å². The smallest absolute Gasteiger partial charge is 0.359 e. The molecular weight excluding hydrogens is 501 g/mol. The second-order valence-corrected chi connectivity index (χ2v) is 10.3. The number of ether oxygens (including phenoxy) is 1. The first-order valence-electron chi connectivity index (χ1n) is 9.54. The quantitative estimate of drug-likeness (QED) is 0.561. The molecule has 1 fully saturated rings. The molecule has 1 aromatic heterocycles. The van der Waals surface area contributed by atoms with Gasteiger partial charge in [-0.15, -0.1) is 0 Å². The van der Waals surface area contributed by atoms with E-state index in [0.29, 0.717) is 5.56 Å². The zero-order valence-corrected chi connectivity index (χ0v) is 20.4. The number of esters is 1. The Hall–Kier alpha value is -1.91. The van der Waals surface area contributed by atoms with E-state index in [2.05, 4.69) is 4.98 Å². The molecule has 12 heteroatoms. The third-order valence-electron chi connectivity index (χ3n) is 4.98. The molecule has 0 radical (unpaired) electrons. The number of aryl methyl sites for hydroxylation is 2. The number of piperazine rings is 1. The largest absolute Gasteiger partial charge is 0.451 e. The maximum atomic E-state index is 13.0. The highest BCUT2D eigenvalue weighted by Crippen LogP contribution is 2.31. The fourth-order valence-corrected chi connectivity index (χ4v) is 5.46. The Labute approximate surface area is 201 Å². The summed E-state index contributed by atoms with van der Waals surface area (Å²) in [5, 5.41) is -0.123. The molecule has 3 rings (SSSR count). The van der Waals surface area contributed by atoms with E-state index in [1.54, 1.807) is 19.1 Å². The Balaban J connectivity index is 1.58. The van der Waals surface area contributed by atoms with Crippen molar-refractivity contribution in [1.82, 2.24) is 14.2 Å². The van der Waals surface area contributed by atoms with Gasteiger partial charge < -0.3 is 9.64 Å². The average Bonchev–Trinajstić information content (AvgIpc) is 2.75. The standard InChI is InChI=1S/C20H20Cl3N3O5S/c1-12-3-4-15(13(2)9-12)32(29,30)26-7-5-25(6-8-26)16(27)11-31-20(28)19-18(23)17(22)14(21)10-24-19/h3-4,9-10H,5-8,11H2,1-2H3. The first-order valence-corrected chi connectivity index (χ1v) is 12.1. The molecule has 0 saturated carbocycles. The Kier molecular flexibility index (Phi) is 7.67. The number of hydrogen-bond donors (Lipinski definition) is 0. The summed E-state index contributed by atoms with van der Waals surface area (Å²) in [6.45, 7) is 3.72. The van der Waals surface area contributed by atoms with Crippen molar-refractivity contribution < 1.29 is 22.7 Å². The second kappa shape index (κ2) is 9.93. The lowest BCUT2D eigenvalue weighted by Crippen LogP contribution is -2.51. The molecule has 0 atom stereocenters. The van der Waals surface area contributed by atoms with Crippen molar-refractivity contribution in [3.63, 3.8) is 0 Å². The molecule has 0 N–H and O–H groups in total. The van der Waals surface area contributed by atoms with Gasteiger partial charge in [-0.3, -0.25) is 4.79 Å². The van der Waals surface area contributed by atoms with Crippen LogP contribution in [-0.4, -0.2) is 67.3 Å². The maximum Gasteiger partial charge on any atom is 0.359 e. The molecule has 8 nitrogen and oxygen atoms in total. The summed E-state index contributed by atoms with van der Waals surface area (Å²) in [6, 6.07) is 5.16. The number of carbonyl (C=O) groups is 2. The molecule has 1 saturated heterocycles. The van der Waals surface area contributed by atoms with Crippen molar-refractivity contribution in [2.24, 2.45) is 0 Å². The molecule has 0 spiro atoms. The van der Waals surface area contributed by atoms with Gasteiger partial charge in [0, 0.05) is 32.4 Å².